The average molecular weight is 209 g/mol. The molecular weight excluding hydrogens is 196 g/mol. The Morgan fingerprint density at radius 1 is 1.43 bits per heavy atom. The third-order valence-electron chi connectivity index (χ3n) is 2.21. The Kier molecular flexibility index (Phi) is 3.57. The van der Waals surface area contributed by atoms with Gasteiger partial charge in [0.1, 0.15) is 5.60 Å². The Balaban J connectivity index is 2.79. The van der Waals surface area contributed by atoms with Gasteiger partial charge < -0.3 is 4.74 Å². The average Bonchev–Trinajstić information content (AvgIpc) is 2.21. The van der Waals surface area contributed by atoms with Crippen LogP contribution in [0.4, 0.5) is 0 Å². The third-order valence-corrected chi connectivity index (χ3v) is 2.46. The van der Waals surface area contributed by atoms with Gasteiger partial charge in [-0.25, -0.2) is 0 Å². The predicted molar refractivity (Wildman–Crippen MR) is 59.4 cm³/mol. The molecule has 0 aliphatic carbocycles. The Labute approximate surface area is 90.0 Å². The van der Waals surface area contributed by atoms with E-state index in [4.69, 9.17) is 22.8 Å². The van der Waals surface area contributed by atoms with Gasteiger partial charge in [-0.2, -0.15) is 0 Å². The van der Waals surface area contributed by atoms with Gasteiger partial charge in [0.2, 0.25) is 0 Å². The molecule has 0 saturated heterocycles. The maximum Gasteiger partial charge on any atom is 0.129 e. The molecule has 0 N–H and O–H groups in total. The summed E-state index contributed by atoms with van der Waals surface area (Å²) in [5.74, 6) is 2.64. The van der Waals surface area contributed by atoms with Crippen molar-refractivity contribution in [1.29, 1.82) is 0 Å². The van der Waals surface area contributed by atoms with Crippen molar-refractivity contribution in [2.24, 2.45) is 0 Å². The van der Waals surface area contributed by atoms with E-state index in [2.05, 4.69) is 5.92 Å². The molecular formula is C12H13ClO. The van der Waals surface area contributed by atoms with Crippen LogP contribution in [0.3, 0.4) is 0 Å². The minimum absolute atomic E-state index is 0.534. The van der Waals surface area contributed by atoms with E-state index in [0.717, 1.165) is 10.6 Å². The summed E-state index contributed by atoms with van der Waals surface area (Å²) >= 11 is 5.78. The molecule has 1 atom stereocenters. The summed E-state index contributed by atoms with van der Waals surface area (Å²) in [6, 6.07) is 7.61. The number of methoxy groups -OCH3 is 1. The maximum atomic E-state index is 5.78. The van der Waals surface area contributed by atoms with Crippen molar-refractivity contribution < 1.29 is 4.74 Å². The lowest BCUT2D eigenvalue weighted by Crippen LogP contribution is -2.27. The Morgan fingerprint density at radius 2 is 2.00 bits per heavy atom. The number of ether oxygens (including phenoxy) is 1. The van der Waals surface area contributed by atoms with Gasteiger partial charge in [0.15, 0.2) is 0 Å². The first kappa shape index (κ1) is 11.1. The minimum Gasteiger partial charge on any atom is -0.366 e. The van der Waals surface area contributed by atoms with Crippen LogP contribution in [0.15, 0.2) is 24.3 Å². The van der Waals surface area contributed by atoms with Crippen molar-refractivity contribution in [3.8, 4) is 12.3 Å². The molecule has 0 aliphatic rings. The number of terminal acetylenes is 1. The second-order valence-electron chi connectivity index (χ2n) is 3.38. The van der Waals surface area contributed by atoms with Gasteiger partial charge in [0, 0.05) is 18.6 Å². The molecule has 0 radical (unpaired) electrons. The summed E-state index contributed by atoms with van der Waals surface area (Å²) < 4.78 is 5.25. The van der Waals surface area contributed by atoms with Crippen molar-refractivity contribution in [3.63, 3.8) is 0 Å². The molecule has 0 bridgehead atoms. The van der Waals surface area contributed by atoms with Crippen LogP contribution in [0.5, 0.6) is 0 Å². The highest BCUT2D eigenvalue weighted by atomic mass is 35.5. The third kappa shape index (κ3) is 2.77. The number of benzene rings is 1. The van der Waals surface area contributed by atoms with Crippen LogP contribution >= 0.6 is 11.6 Å². The molecule has 1 unspecified atom stereocenters. The van der Waals surface area contributed by atoms with E-state index >= 15 is 0 Å². The van der Waals surface area contributed by atoms with E-state index in [1.54, 1.807) is 7.11 Å². The summed E-state index contributed by atoms with van der Waals surface area (Å²) in [6.45, 7) is 1.89. The van der Waals surface area contributed by atoms with E-state index in [1.807, 2.05) is 31.2 Å². The van der Waals surface area contributed by atoms with Gasteiger partial charge in [0.25, 0.3) is 0 Å². The molecule has 0 aromatic heterocycles. The number of hydrogen-bond acceptors (Lipinski definition) is 1. The number of rotatable bonds is 3. The fourth-order valence-electron chi connectivity index (χ4n) is 1.17. The fraction of sp³-hybridized carbons (Fsp3) is 0.333. The molecule has 0 spiro atoms. The van der Waals surface area contributed by atoms with Gasteiger partial charge in [0.05, 0.1) is 0 Å². The highest BCUT2D eigenvalue weighted by Crippen LogP contribution is 2.17. The molecule has 0 heterocycles. The molecule has 1 nitrogen and oxygen atoms in total. The monoisotopic (exact) mass is 208 g/mol. The first-order chi connectivity index (χ1) is 6.59. The molecule has 0 aliphatic heterocycles. The van der Waals surface area contributed by atoms with Crippen molar-refractivity contribution in [2.75, 3.05) is 7.11 Å². The smallest absolute Gasteiger partial charge is 0.129 e. The zero-order valence-corrected chi connectivity index (χ0v) is 9.14. The highest BCUT2D eigenvalue weighted by molar-refractivity contribution is 6.30. The zero-order valence-electron chi connectivity index (χ0n) is 8.38. The first-order valence-corrected chi connectivity index (χ1v) is 4.75. The second kappa shape index (κ2) is 4.50. The van der Waals surface area contributed by atoms with Crippen LogP contribution in [-0.4, -0.2) is 12.7 Å². The van der Waals surface area contributed by atoms with Crippen LogP contribution in [0.1, 0.15) is 12.5 Å². The lowest BCUT2D eigenvalue weighted by molar-refractivity contribution is 0.0580. The van der Waals surface area contributed by atoms with Gasteiger partial charge in [-0.1, -0.05) is 29.7 Å². The predicted octanol–water partition coefficient (Wildman–Crippen LogP) is 2.92. The van der Waals surface area contributed by atoms with E-state index in [0.29, 0.717) is 6.42 Å². The standard InChI is InChI=1S/C12H13ClO/c1-4-12(2,14-3)9-10-5-7-11(13)8-6-10/h1,5-8H,9H2,2-3H3. The topological polar surface area (TPSA) is 9.23 Å². The molecule has 2 heteroatoms. The lowest BCUT2D eigenvalue weighted by Gasteiger charge is -2.21. The van der Waals surface area contributed by atoms with Crippen LogP contribution in [0, 0.1) is 12.3 Å². The fourth-order valence-corrected chi connectivity index (χ4v) is 1.30. The first-order valence-electron chi connectivity index (χ1n) is 4.37. The van der Waals surface area contributed by atoms with E-state index in [9.17, 15) is 0 Å². The summed E-state index contributed by atoms with van der Waals surface area (Å²) in [5, 5.41) is 0.730. The molecule has 0 fully saturated rings. The minimum atomic E-state index is -0.534. The second-order valence-corrected chi connectivity index (χ2v) is 3.82. The molecule has 1 aromatic rings. The van der Waals surface area contributed by atoms with Gasteiger partial charge >= 0.3 is 0 Å². The quantitative estimate of drug-likeness (QED) is 0.695. The SMILES string of the molecule is C#CC(C)(Cc1ccc(Cl)cc1)OC. The van der Waals surface area contributed by atoms with Crippen LogP contribution in [-0.2, 0) is 11.2 Å². The van der Waals surface area contributed by atoms with E-state index in [1.165, 1.54) is 0 Å². The number of halogens is 1. The highest BCUT2D eigenvalue weighted by Gasteiger charge is 2.20. The molecule has 74 valence electrons. The molecule has 1 aromatic carbocycles. The summed E-state index contributed by atoms with van der Waals surface area (Å²) in [7, 11) is 1.62. The van der Waals surface area contributed by atoms with Gasteiger partial charge in [-0.15, -0.1) is 6.42 Å². The van der Waals surface area contributed by atoms with E-state index < -0.39 is 5.60 Å². The zero-order chi connectivity index (χ0) is 10.6. The Hall–Kier alpha value is -0.970. The van der Waals surface area contributed by atoms with Crippen LogP contribution < -0.4 is 0 Å². The molecule has 14 heavy (non-hydrogen) atoms. The number of hydrogen-bond donors (Lipinski definition) is 0. The molecule has 0 saturated carbocycles. The maximum absolute atomic E-state index is 5.78. The van der Waals surface area contributed by atoms with Crippen molar-refractivity contribution in [2.45, 2.75) is 18.9 Å². The summed E-state index contributed by atoms with van der Waals surface area (Å²) in [5.41, 5.74) is 0.588. The Bertz CT molecular complexity index is 336. The largest absolute Gasteiger partial charge is 0.366 e. The molecule has 1 rings (SSSR count). The van der Waals surface area contributed by atoms with Crippen LogP contribution in [0.2, 0.25) is 5.02 Å². The summed E-state index contributed by atoms with van der Waals surface area (Å²) in [4.78, 5) is 0. The van der Waals surface area contributed by atoms with Crippen LogP contribution in [0.25, 0.3) is 0 Å². The van der Waals surface area contributed by atoms with Crippen molar-refractivity contribution in [1.82, 2.24) is 0 Å². The molecule has 0 amide bonds. The van der Waals surface area contributed by atoms with Crippen molar-refractivity contribution in [3.05, 3.63) is 34.9 Å². The lowest BCUT2D eigenvalue weighted by atomic mass is 9.97. The van der Waals surface area contributed by atoms with Crippen molar-refractivity contribution >= 4 is 11.6 Å². The Morgan fingerprint density at radius 3 is 2.43 bits per heavy atom. The normalized spacial score (nSPS) is 14.4. The van der Waals surface area contributed by atoms with E-state index in [-0.39, 0.29) is 0 Å². The van der Waals surface area contributed by atoms with Gasteiger partial charge in [-0.3, -0.25) is 0 Å². The van der Waals surface area contributed by atoms with Gasteiger partial charge in [-0.05, 0) is 24.6 Å². The summed E-state index contributed by atoms with van der Waals surface area (Å²) in [6.07, 6.45) is 6.09.